The Hall–Kier alpha value is -0.830. The fourth-order valence-corrected chi connectivity index (χ4v) is 2.58. The smallest absolute Gasteiger partial charge is 0.220 e. The minimum atomic E-state index is 0.211. The first-order chi connectivity index (χ1) is 6.92. The molecule has 0 bridgehead atoms. The highest BCUT2D eigenvalue weighted by atomic mass is 16.2. The lowest BCUT2D eigenvalue weighted by Gasteiger charge is -2.36. The van der Waals surface area contributed by atoms with Crippen molar-refractivity contribution >= 4 is 5.91 Å². The van der Waals surface area contributed by atoms with Crippen LogP contribution < -0.4 is 0 Å². The van der Waals surface area contributed by atoms with Crippen molar-refractivity contribution in [3.8, 4) is 0 Å². The van der Waals surface area contributed by atoms with Crippen LogP contribution in [-0.4, -0.2) is 54.6 Å². The molecule has 0 spiro atoms. The molecule has 2 rings (SSSR count). The summed E-state index contributed by atoms with van der Waals surface area (Å²) in [5, 5.41) is 0. The number of likely N-dealkylation sites (N-methyl/N-ethyl adjacent to an activating group) is 1. The van der Waals surface area contributed by atoms with Gasteiger partial charge in [0, 0.05) is 31.2 Å². The van der Waals surface area contributed by atoms with Gasteiger partial charge in [0.1, 0.15) is 13.1 Å². The van der Waals surface area contributed by atoms with Crippen molar-refractivity contribution in [1.29, 1.82) is 0 Å². The number of quaternary nitrogens is 1. The van der Waals surface area contributed by atoms with E-state index >= 15 is 0 Å². The maximum absolute atomic E-state index is 11.3. The molecular weight excluding hydrogens is 188 g/mol. The van der Waals surface area contributed by atoms with E-state index in [2.05, 4.69) is 20.9 Å². The maximum atomic E-state index is 11.3. The third-order valence-corrected chi connectivity index (χ3v) is 4.06. The Morgan fingerprint density at radius 2 is 1.73 bits per heavy atom. The number of hydrogen-bond donors (Lipinski definition) is 0. The second kappa shape index (κ2) is 3.34. The highest BCUT2D eigenvalue weighted by molar-refractivity contribution is 5.74. The van der Waals surface area contributed by atoms with Crippen molar-refractivity contribution in [3.63, 3.8) is 0 Å². The third kappa shape index (κ3) is 1.69. The van der Waals surface area contributed by atoms with Crippen LogP contribution in [0.5, 0.6) is 0 Å². The van der Waals surface area contributed by atoms with Crippen LogP contribution in [0.4, 0.5) is 0 Å². The van der Waals surface area contributed by atoms with Crippen molar-refractivity contribution in [1.82, 2.24) is 4.90 Å². The first-order valence-electron chi connectivity index (χ1n) is 5.72. The minimum absolute atomic E-state index is 0.211. The van der Waals surface area contributed by atoms with Crippen LogP contribution in [0.15, 0.2) is 11.1 Å². The van der Waals surface area contributed by atoms with Crippen molar-refractivity contribution in [2.45, 2.75) is 26.8 Å². The van der Waals surface area contributed by atoms with E-state index in [-0.39, 0.29) is 5.91 Å². The molecule has 0 unspecified atom stereocenters. The summed E-state index contributed by atoms with van der Waals surface area (Å²) < 4.78 is 1.12. The number of nitrogens with zero attached hydrogens (tertiary/aromatic N) is 2. The van der Waals surface area contributed by atoms with Gasteiger partial charge in [0.15, 0.2) is 0 Å². The van der Waals surface area contributed by atoms with E-state index in [0.717, 1.165) is 30.7 Å². The monoisotopic (exact) mass is 209 g/mol. The molecule has 0 fully saturated rings. The average molecular weight is 209 g/mol. The second-order valence-corrected chi connectivity index (χ2v) is 5.47. The standard InChI is InChI=1S/C12H21N2O/c1-9(2)14(4)7-11-5-13(10(3)15)6-12(11)8-14/h9H,5-8H2,1-4H3/q+1. The lowest BCUT2D eigenvalue weighted by atomic mass is 10.2. The highest BCUT2D eigenvalue weighted by Crippen LogP contribution is 2.31. The molecule has 0 saturated heterocycles. The summed E-state index contributed by atoms with van der Waals surface area (Å²) in [4.78, 5) is 13.2. The molecule has 0 aromatic heterocycles. The van der Waals surface area contributed by atoms with Gasteiger partial charge in [-0.3, -0.25) is 4.79 Å². The lowest BCUT2D eigenvalue weighted by molar-refractivity contribution is -0.916. The summed E-state index contributed by atoms with van der Waals surface area (Å²) in [5.74, 6) is 0.211. The first-order valence-corrected chi connectivity index (χ1v) is 5.72. The molecule has 1 amide bonds. The molecule has 3 nitrogen and oxygen atoms in total. The van der Waals surface area contributed by atoms with Crippen molar-refractivity contribution < 1.29 is 9.28 Å². The molecule has 0 aliphatic carbocycles. The molecule has 15 heavy (non-hydrogen) atoms. The van der Waals surface area contributed by atoms with Crippen LogP contribution in [0.1, 0.15) is 20.8 Å². The highest BCUT2D eigenvalue weighted by Gasteiger charge is 2.40. The summed E-state index contributed by atoms with van der Waals surface area (Å²) >= 11 is 0. The fourth-order valence-electron chi connectivity index (χ4n) is 2.58. The summed E-state index contributed by atoms with van der Waals surface area (Å²) in [5.41, 5.74) is 3.03. The Balaban J connectivity index is 2.05. The number of rotatable bonds is 1. The van der Waals surface area contributed by atoms with Gasteiger partial charge < -0.3 is 9.38 Å². The average Bonchev–Trinajstić information content (AvgIpc) is 2.59. The summed E-state index contributed by atoms with van der Waals surface area (Å²) in [6, 6.07) is 0.668. The van der Waals surface area contributed by atoms with E-state index in [1.807, 2.05) is 4.90 Å². The molecule has 0 saturated carbocycles. The molecule has 2 aliphatic rings. The normalized spacial score (nSPS) is 23.9. The van der Waals surface area contributed by atoms with Crippen LogP contribution >= 0.6 is 0 Å². The molecule has 0 N–H and O–H groups in total. The molecule has 0 aromatic carbocycles. The molecule has 0 atom stereocenters. The number of amides is 1. The lowest BCUT2D eigenvalue weighted by Crippen LogP contribution is -2.50. The van der Waals surface area contributed by atoms with Gasteiger partial charge in [-0.05, 0) is 13.8 Å². The van der Waals surface area contributed by atoms with E-state index in [4.69, 9.17) is 0 Å². The van der Waals surface area contributed by atoms with Crippen molar-refractivity contribution in [3.05, 3.63) is 11.1 Å². The van der Waals surface area contributed by atoms with E-state index in [9.17, 15) is 4.79 Å². The summed E-state index contributed by atoms with van der Waals surface area (Å²) in [7, 11) is 2.32. The van der Waals surface area contributed by atoms with Gasteiger partial charge in [0.05, 0.1) is 13.1 Å². The zero-order chi connectivity index (χ0) is 11.2. The Morgan fingerprint density at radius 1 is 1.27 bits per heavy atom. The van der Waals surface area contributed by atoms with Gasteiger partial charge in [-0.1, -0.05) is 0 Å². The Bertz CT molecular complexity index is 313. The largest absolute Gasteiger partial charge is 0.334 e. The molecular formula is C12H21N2O+. The van der Waals surface area contributed by atoms with E-state index < -0.39 is 0 Å². The minimum Gasteiger partial charge on any atom is -0.334 e. The molecule has 84 valence electrons. The van der Waals surface area contributed by atoms with Crippen molar-refractivity contribution in [2.75, 3.05) is 33.2 Å². The topological polar surface area (TPSA) is 20.3 Å². The van der Waals surface area contributed by atoms with Gasteiger partial charge in [-0.25, -0.2) is 0 Å². The number of carbonyl (C=O) groups is 1. The van der Waals surface area contributed by atoms with Gasteiger partial charge >= 0.3 is 0 Å². The fraction of sp³-hybridized carbons (Fsp3) is 0.750. The van der Waals surface area contributed by atoms with E-state index in [1.165, 1.54) is 11.1 Å². The molecule has 2 aliphatic heterocycles. The van der Waals surface area contributed by atoms with Crippen molar-refractivity contribution in [2.24, 2.45) is 0 Å². The van der Waals surface area contributed by atoms with E-state index in [1.54, 1.807) is 6.92 Å². The molecule has 0 aromatic rings. The molecule has 2 heterocycles. The number of carbonyl (C=O) groups excluding carboxylic acids is 1. The predicted molar refractivity (Wildman–Crippen MR) is 60.3 cm³/mol. The Morgan fingerprint density at radius 3 is 2.07 bits per heavy atom. The van der Waals surface area contributed by atoms with Gasteiger partial charge in [0.25, 0.3) is 0 Å². The van der Waals surface area contributed by atoms with Crippen LogP contribution in [-0.2, 0) is 4.79 Å². The quantitative estimate of drug-likeness (QED) is 0.466. The van der Waals surface area contributed by atoms with Crippen LogP contribution in [0.25, 0.3) is 0 Å². The second-order valence-electron chi connectivity index (χ2n) is 5.47. The summed E-state index contributed by atoms with van der Waals surface area (Å²) in [6.45, 7) is 10.3. The Labute approximate surface area is 91.9 Å². The Kier molecular flexibility index (Phi) is 2.38. The zero-order valence-corrected chi connectivity index (χ0v) is 10.2. The van der Waals surface area contributed by atoms with E-state index in [0.29, 0.717) is 6.04 Å². The third-order valence-electron chi connectivity index (χ3n) is 4.06. The number of hydrogen-bond acceptors (Lipinski definition) is 1. The predicted octanol–water partition coefficient (Wildman–Crippen LogP) is 1.01. The molecule has 0 radical (unpaired) electrons. The maximum Gasteiger partial charge on any atom is 0.220 e. The molecule has 3 heteroatoms. The van der Waals surface area contributed by atoms with Crippen LogP contribution in [0.3, 0.4) is 0 Å². The van der Waals surface area contributed by atoms with Gasteiger partial charge in [-0.2, -0.15) is 0 Å². The van der Waals surface area contributed by atoms with Gasteiger partial charge in [0.2, 0.25) is 5.91 Å². The van der Waals surface area contributed by atoms with Gasteiger partial charge in [-0.15, -0.1) is 0 Å². The zero-order valence-electron chi connectivity index (χ0n) is 10.2. The first kappa shape index (κ1) is 10.7. The summed E-state index contributed by atoms with van der Waals surface area (Å²) in [6.07, 6.45) is 0. The van der Waals surface area contributed by atoms with Crippen LogP contribution in [0.2, 0.25) is 0 Å². The SMILES string of the molecule is CC(=O)N1CC2=C(C1)C[N+](C)(C(C)C)C2. The van der Waals surface area contributed by atoms with Crippen LogP contribution in [0, 0.1) is 0 Å².